The highest BCUT2D eigenvalue weighted by Crippen LogP contribution is 2.34. The van der Waals surface area contributed by atoms with Gasteiger partial charge in [0.2, 0.25) is 0 Å². The molecule has 0 aromatic heterocycles. The molecule has 0 aliphatic heterocycles. The quantitative estimate of drug-likeness (QED) is 0.788. The Morgan fingerprint density at radius 3 is 2.30 bits per heavy atom. The van der Waals surface area contributed by atoms with Crippen LogP contribution in [-0.2, 0) is 11.2 Å². The van der Waals surface area contributed by atoms with Crippen molar-refractivity contribution in [3.8, 4) is 5.75 Å². The molecular weight excluding hydrogens is 388 g/mol. The topological polar surface area (TPSA) is 64.3 Å². The zero-order chi connectivity index (χ0) is 15.3. The van der Waals surface area contributed by atoms with Crippen LogP contribution in [0.2, 0.25) is 0 Å². The van der Waals surface area contributed by atoms with Crippen LogP contribution in [0.15, 0.2) is 21.1 Å². The third-order valence-electron chi connectivity index (χ3n) is 2.35. The van der Waals surface area contributed by atoms with Crippen molar-refractivity contribution in [2.75, 3.05) is 13.2 Å². The molecule has 1 aromatic rings. The number of ether oxygens (including phenoxy) is 1. The first kappa shape index (κ1) is 17.5. The van der Waals surface area contributed by atoms with Crippen molar-refractivity contribution in [2.24, 2.45) is 5.73 Å². The molecule has 0 bridgehead atoms. The van der Waals surface area contributed by atoms with Gasteiger partial charge in [0.1, 0.15) is 5.75 Å². The summed E-state index contributed by atoms with van der Waals surface area (Å²) in [5, 5.41) is 2.85. The van der Waals surface area contributed by atoms with Gasteiger partial charge >= 0.3 is 0 Å². The molecule has 0 atom stereocenters. The Hall–Kier alpha value is -0.590. The van der Waals surface area contributed by atoms with Gasteiger partial charge in [-0.15, -0.1) is 0 Å². The van der Waals surface area contributed by atoms with E-state index in [-0.39, 0.29) is 18.1 Å². The largest absolute Gasteiger partial charge is 0.481 e. The van der Waals surface area contributed by atoms with Crippen molar-refractivity contribution >= 4 is 37.8 Å². The molecule has 4 nitrogen and oxygen atoms in total. The van der Waals surface area contributed by atoms with E-state index in [1.54, 1.807) is 0 Å². The number of rotatable bonds is 5. The molecule has 20 heavy (non-hydrogen) atoms. The minimum absolute atomic E-state index is 0.0231. The molecule has 1 amide bonds. The van der Waals surface area contributed by atoms with Gasteiger partial charge in [0, 0.05) is 5.54 Å². The van der Waals surface area contributed by atoms with Crippen molar-refractivity contribution in [2.45, 2.75) is 32.7 Å². The molecule has 0 aliphatic rings. The lowest BCUT2D eigenvalue weighted by atomic mass is 10.1. The van der Waals surface area contributed by atoms with E-state index in [2.05, 4.69) is 37.2 Å². The second kappa shape index (κ2) is 7.43. The Kier molecular flexibility index (Phi) is 6.48. The summed E-state index contributed by atoms with van der Waals surface area (Å²) in [4.78, 5) is 11.7. The predicted molar refractivity (Wildman–Crippen MR) is 88.0 cm³/mol. The van der Waals surface area contributed by atoms with E-state index in [1.165, 1.54) is 0 Å². The first-order chi connectivity index (χ1) is 9.23. The number of hydrogen-bond acceptors (Lipinski definition) is 3. The van der Waals surface area contributed by atoms with Gasteiger partial charge in [-0.3, -0.25) is 4.79 Å². The van der Waals surface area contributed by atoms with Gasteiger partial charge in [0.15, 0.2) is 6.61 Å². The van der Waals surface area contributed by atoms with Crippen molar-refractivity contribution in [1.82, 2.24) is 5.32 Å². The van der Waals surface area contributed by atoms with Crippen LogP contribution >= 0.6 is 31.9 Å². The summed E-state index contributed by atoms with van der Waals surface area (Å²) in [7, 11) is 0. The Morgan fingerprint density at radius 1 is 1.30 bits per heavy atom. The van der Waals surface area contributed by atoms with Crippen LogP contribution in [0.4, 0.5) is 0 Å². The van der Waals surface area contributed by atoms with Crippen molar-refractivity contribution < 1.29 is 9.53 Å². The highest BCUT2D eigenvalue weighted by atomic mass is 79.9. The summed E-state index contributed by atoms with van der Waals surface area (Å²) in [5.41, 5.74) is 6.39. The smallest absolute Gasteiger partial charge is 0.258 e. The van der Waals surface area contributed by atoms with Crippen LogP contribution in [0.3, 0.4) is 0 Å². The third-order valence-corrected chi connectivity index (χ3v) is 3.53. The fourth-order valence-electron chi connectivity index (χ4n) is 1.65. The molecule has 0 spiro atoms. The number of carbonyl (C=O) groups is 1. The maximum Gasteiger partial charge on any atom is 0.258 e. The van der Waals surface area contributed by atoms with Crippen molar-refractivity contribution in [3.63, 3.8) is 0 Å². The number of carbonyl (C=O) groups excluding carboxylic acids is 1. The molecule has 1 rings (SSSR count). The molecule has 0 saturated heterocycles. The predicted octanol–water partition coefficient (Wildman–Crippen LogP) is 3.01. The van der Waals surface area contributed by atoms with Gasteiger partial charge in [-0.2, -0.15) is 0 Å². The summed E-state index contributed by atoms with van der Waals surface area (Å²) >= 11 is 6.90. The number of nitrogens with two attached hydrogens (primary N) is 1. The number of nitrogens with one attached hydrogen (secondary N) is 1. The maximum atomic E-state index is 11.7. The van der Waals surface area contributed by atoms with E-state index in [1.807, 2.05) is 32.9 Å². The van der Waals surface area contributed by atoms with Gasteiger partial charge in [0.05, 0.1) is 8.95 Å². The zero-order valence-corrected chi connectivity index (χ0v) is 15.1. The van der Waals surface area contributed by atoms with E-state index >= 15 is 0 Å². The number of amides is 1. The Labute approximate surface area is 136 Å². The lowest BCUT2D eigenvalue weighted by Gasteiger charge is -2.21. The average molecular weight is 408 g/mol. The van der Waals surface area contributed by atoms with Crippen LogP contribution in [0.1, 0.15) is 26.3 Å². The van der Waals surface area contributed by atoms with Gasteiger partial charge in [-0.1, -0.05) is 0 Å². The van der Waals surface area contributed by atoms with Gasteiger partial charge in [-0.05, 0) is 83.3 Å². The van der Waals surface area contributed by atoms with E-state index in [4.69, 9.17) is 10.5 Å². The van der Waals surface area contributed by atoms with Gasteiger partial charge in [-0.25, -0.2) is 0 Å². The normalized spacial score (nSPS) is 11.3. The monoisotopic (exact) mass is 406 g/mol. The summed E-state index contributed by atoms with van der Waals surface area (Å²) in [6.07, 6.45) is 0.794. The molecule has 112 valence electrons. The van der Waals surface area contributed by atoms with Gasteiger partial charge in [0.25, 0.3) is 5.91 Å². The first-order valence-electron chi connectivity index (χ1n) is 6.34. The number of hydrogen-bond donors (Lipinski definition) is 2. The molecule has 0 fully saturated rings. The van der Waals surface area contributed by atoms with E-state index < -0.39 is 0 Å². The molecule has 0 heterocycles. The summed E-state index contributed by atoms with van der Waals surface area (Å²) in [6.45, 7) is 6.35. The van der Waals surface area contributed by atoms with Crippen molar-refractivity contribution in [1.29, 1.82) is 0 Å². The van der Waals surface area contributed by atoms with Crippen LogP contribution in [0.5, 0.6) is 5.75 Å². The van der Waals surface area contributed by atoms with Gasteiger partial charge < -0.3 is 15.8 Å². The van der Waals surface area contributed by atoms with Crippen LogP contribution < -0.4 is 15.8 Å². The van der Waals surface area contributed by atoms with E-state index in [9.17, 15) is 4.79 Å². The summed E-state index contributed by atoms with van der Waals surface area (Å²) < 4.78 is 7.18. The molecule has 6 heteroatoms. The first-order valence-corrected chi connectivity index (χ1v) is 7.93. The van der Waals surface area contributed by atoms with E-state index in [0.29, 0.717) is 12.3 Å². The molecule has 3 N–H and O–H groups in total. The summed E-state index contributed by atoms with van der Waals surface area (Å²) in [6, 6.07) is 3.91. The SMILES string of the molecule is CC(C)(C)NC(=O)COc1c(Br)cc(CCN)cc1Br. The van der Waals surface area contributed by atoms with Crippen LogP contribution in [0.25, 0.3) is 0 Å². The Balaban J connectivity index is 2.71. The van der Waals surface area contributed by atoms with Crippen LogP contribution in [0, 0.1) is 0 Å². The molecule has 0 aliphatic carbocycles. The Morgan fingerprint density at radius 2 is 1.85 bits per heavy atom. The molecule has 0 radical (unpaired) electrons. The lowest BCUT2D eigenvalue weighted by Crippen LogP contribution is -2.43. The zero-order valence-electron chi connectivity index (χ0n) is 11.9. The third kappa shape index (κ3) is 5.81. The van der Waals surface area contributed by atoms with E-state index in [0.717, 1.165) is 20.9 Å². The second-order valence-electron chi connectivity index (χ2n) is 5.51. The molecule has 0 saturated carbocycles. The Bertz CT molecular complexity index is 462. The fraction of sp³-hybridized carbons (Fsp3) is 0.500. The fourth-order valence-corrected chi connectivity index (χ4v) is 3.16. The highest BCUT2D eigenvalue weighted by molar-refractivity contribution is 9.11. The molecule has 1 aromatic carbocycles. The highest BCUT2D eigenvalue weighted by Gasteiger charge is 2.15. The minimum atomic E-state index is -0.264. The van der Waals surface area contributed by atoms with Crippen LogP contribution in [-0.4, -0.2) is 24.6 Å². The average Bonchev–Trinajstić information content (AvgIpc) is 2.25. The number of benzene rings is 1. The maximum absolute atomic E-state index is 11.7. The van der Waals surface area contributed by atoms with Crippen molar-refractivity contribution in [3.05, 3.63) is 26.6 Å². The molecule has 0 unspecified atom stereocenters. The summed E-state index contributed by atoms with van der Waals surface area (Å²) in [5.74, 6) is 0.470. The number of halogens is 2. The molecular formula is C14H20Br2N2O2. The second-order valence-corrected chi connectivity index (χ2v) is 7.22. The minimum Gasteiger partial charge on any atom is -0.481 e. The standard InChI is InChI=1S/C14H20Br2N2O2/c1-14(2,3)18-12(19)8-20-13-10(15)6-9(4-5-17)7-11(13)16/h6-7H,4-5,8,17H2,1-3H3,(H,18,19). The lowest BCUT2D eigenvalue weighted by molar-refractivity contribution is -0.124.